The van der Waals surface area contributed by atoms with E-state index in [9.17, 15) is 12.8 Å². The van der Waals surface area contributed by atoms with E-state index in [2.05, 4.69) is 15.9 Å². The average Bonchev–Trinajstić information content (AvgIpc) is 2.38. The van der Waals surface area contributed by atoms with Crippen LogP contribution in [0.15, 0.2) is 51.8 Å². The Bertz CT molecular complexity index is 747. The summed E-state index contributed by atoms with van der Waals surface area (Å²) in [5.41, 5.74) is 0.948. The molecule has 0 aliphatic heterocycles. The van der Waals surface area contributed by atoms with E-state index in [1.54, 1.807) is 18.2 Å². The number of benzene rings is 2. The summed E-state index contributed by atoms with van der Waals surface area (Å²) < 4.78 is 40.2. The third kappa shape index (κ3) is 2.71. The van der Waals surface area contributed by atoms with Gasteiger partial charge in [0.2, 0.25) is 0 Å². The van der Waals surface area contributed by atoms with Gasteiger partial charge in [-0.2, -0.15) is 0 Å². The van der Waals surface area contributed by atoms with Gasteiger partial charge >= 0.3 is 0 Å². The van der Waals surface area contributed by atoms with Crippen molar-refractivity contribution in [3.8, 4) is 0 Å². The van der Waals surface area contributed by atoms with Crippen molar-refractivity contribution in [1.82, 2.24) is 0 Å². The first-order valence-corrected chi connectivity index (χ1v) is 8.07. The van der Waals surface area contributed by atoms with E-state index in [1.807, 2.05) is 6.92 Å². The smallest absolute Gasteiger partial charge is 0.265 e. The lowest BCUT2D eigenvalue weighted by molar-refractivity contribution is 0.589. The number of halogens is 2. The van der Waals surface area contributed by atoms with Crippen molar-refractivity contribution in [2.24, 2.45) is 0 Å². The van der Waals surface area contributed by atoms with Crippen LogP contribution >= 0.6 is 15.9 Å². The van der Waals surface area contributed by atoms with Crippen LogP contribution in [0.1, 0.15) is 5.56 Å². The lowest BCUT2D eigenvalue weighted by Crippen LogP contribution is -2.27. The summed E-state index contributed by atoms with van der Waals surface area (Å²) in [4.78, 5) is 0.105. The zero-order valence-electron chi connectivity index (χ0n) is 11.0. The molecule has 0 amide bonds. The number of para-hydroxylation sites is 1. The highest BCUT2D eigenvalue weighted by Gasteiger charge is 2.25. The quantitative estimate of drug-likeness (QED) is 0.839. The first kappa shape index (κ1) is 15.0. The number of hydrogen-bond acceptors (Lipinski definition) is 2. The third-order valence-corrected chi connectivity index (χ3v) is 5.67. The van der Waals surface area contributed by atoms with E-state index in [-0.39, 0.29) is 10.6 Å². The predicted molar refractivity (Wildman–Crippen MR) is 80.9 cm³/mol. The second kappa shape index (κ2) is 5.54. The van der Waals surface area contributed by atoms with E-state index >= 15 is 0 Å². The third-order valence-electron chi connectivity index (χ3n) is 2.92. The zero-order chi connectivity index (χ0) is 14.9. The average molecular weight is 358 g/mol. The van der Waals surface area contributed by atoms with Crippen LogP contribution in [-0.4, -0.2) is 15.5 Å². The molecule has 0 unspecified atom stereocenters. The van der Waals surface area contributed by atoms with Crippen LogP contribution in [-0.2, 0) is 10.0 Å². The highest BCUT2D eigenvalue weighted by atomic mass is 79.9. The maximum absolute atomic E-state index is 13.7. The Labute approximate surface area is 126 Å². The highest BCUT2D eigenvalue weighted by molar-refractivity contribution is 9.10. The zero-order valence-corrected chi connectivity index (χ0v) is 13.4. The summed E-state index contributed by atoms with van der Waals surface area (Å²) in [5.74, 6) is -0.582. The molecular formula is C14H13BrFNO2S. The maximum Gasteiger partial charge on any atom is 0.265 e. The molecule has 106 valence electrons. The van der Waals surface area contributed by atoms with Gasteiger partial charge in [-0.3, -0.25) is 4.31 Å². The van der Waals surface area contributed by atoms with Gasteiger partial charge < -0.3 is 0 Å². The largest absolute Gasteiger partial charge is 0.266 e. The Morgan fingerprint density at radius 2 is 1.80 bits per heavy atom. The molecule has 0 saturated heterocycles. The lowest BCUT2D eigenvalue weighted by atomic mass is 10.2. The molecule has 0 aliphatic carbocycles. The van der Waals surface area contributed by atoms with E-state index in [0.717, 1.165) is 9.87 Å². The molecule has 6 heteroatoms. The number of aryl methyl sites for hydroxylation is 1. The Balaban J connectivity index is 2.53. The van der Waals surface area contributed by atoms with Crippen molar-refractivity contribution < 1.29 is 12.8 Å². The van der Waals surface area contributed by atoms with Gasteiger partial charge in [-0.1, -0.05) is 18.2 Å². The molecule has 3 nitrogen and oxygen atoms in total. The number of anilines is 1. The number of hydrogen-bond donors (Lipinski definition) is 0. The van der Waals surface area contributed by atoms with Gasteiger partial charge in [-0.15, -0.1) is 0 Å². The van der Waals surface area contributed by atoms with Crippen molar-refractivity contribution >= 4 is 31.6 Å². The van der Waals surface area contributed by atoms with Gasteiger partial charge in [-0.25, -0.2) is 12.8 Å². The van der Waals surface area contributed by atoms with Crippen LogP contribution in [0.2, 0.25) is 0 Å². The second-order valence-corrected chi connectivity index (χ2v) is 7.15. The van der Waals surface area contributed by atoms with Gasteiger partial charge in [0.15, 0.2) is 0 Å². The van der Waals surface area contributed by atoms with Crippen LogP contribution in [0.5, 0.6) is 0 Å². The molecule has 20 heavy (non-hydrogen) atoms. The number of nitrogens with zero attached hydrogens (tertiary/aromatic N) is 1. The molecule has 0 radical (unpaired) electrons. The van der Waals surface area contributed by atoms with Crippen LogP contribution < -0.4 is 4.31 Å². The first-order chi connectivity index (χ1) is 9.34. The Kier molecular flexibility index (Phi) is 4.15. The van der Waals surface area contributed by atoms with Crippen molar-refractivity contribution in [1.29, 1.82) is 0 Å². The molecular weight excluding hydrogens is 345 g/mol. The van der Waals surface area contributed by atoms with Gasteiger partial charge in [-0.05, 0) is 52.7 Å². The van der Waals surface area contributed by atoms with Crippen LogP contribution in [0.3, 0.4) is 0 Å². The molecule has 0 aromatic heterocycles. The van der Waals surface area contributed by atoms with Gasteiger partial charge in [0.05, 0.1) is 5.69 Å². The Morgan fingerprint density at radius 3 is 2.40 bits per heavy atom. The van der Waals surface area contributed by atoms with Gasteiger partial charge in [0.25, 0.3) is 10.0 Å². The minimum Gasteiger partial charge on any atom is -0.266 e. The lowest BCUT2D eigenvalue weighted by Gasteiger charge is -2.20. The van der Waals surface area contributed by atoms with E-state index in [4.69, 9.17) is 0 Å². The molecule has 0 spiro atoms. The molecule has 2 aromatic rings. The summed E-state index contributed by atoms with van der Waals surface area (Å²) in [5, 5.41) is 0. The summed E-state index contributed by atoms with van der Waals surface area (Å²) in [6.07, 6.45) is 0. The summed E-state index contributed by atoms with van der Waals surface area (Å²) in [6.45, 7) is 1.86. The van der Waals surface area contributed by atoms with Crippen molar-refractivity contribution in [3.05, 3.63) is 58.3 Å². The van der Waals surface area contributed by atoms with Gasteiger partial charge in [0, 0.05) is 11.5 Å². The monoisotopic (exact) mass is 357 g/mol. The van der Waals surface area contributed by atoms with Crippen LogP contribution in [0.25, 0.3) is 0 Å². The minimum atomic E-state index is -3.82. The molecule has 2 aromatic carbocycles. The minimum absolute atomic E-state index is 0.0139. The van der Waals surface area contributed by atoms with Crippen molar-refractivity contribution in [2.45, 2.75) is 11.8 Å². The molecule has 0 saturated carbocycles. The predicted octanol–water partition coefficient (Wildman–Crippen LogP) is 3.72. The fourth-order valence-electron chi connectivity index (χ4n) is 1.80. The first-order valence-electron chi connectivity index (χ1n) is 5.83. The molecule has 0 N–H and O–H groups in total. The highest BCUT2D eigenvalue weighted by Crippen LogP contribution is 2.29. The van der Waals surface area contributed by atoms with E-state index in [1.165, 1.54) is 31.3 Å². The standard InChI is InChI=1S/C14H13BrFNO2S/c1-10-7-8-14(11(15)9-10)20(18,19)17(2)13-6-4-3-5-12(13)16/h3-9H,1-2H3. The Morgan fingerprint density at radius 1 is 1.15 bits per heavy atom. The summed E-state index contributed by atoms with van der Waals surface area (Å²) in [7, 11) is -2.48. The molecule has 0 aliphatic rings. The molecule has 0 fully saturated rings. The fraction of sp³-hybridized carbons (Fsp3) is 0.143. The molecule has 2 rings (SSSR count). The normalized spacial score (nSPS) is 11.4. The van der Waals surface area contributed by atoms with Crippen LogP contribution in [0.4, 0.5) is 10.1 Å². The second-order valence-electron chi connectivity index (χ2n) is 4.36. The topological polar surface area (TPSA) is 37.4 Å². The molecule has 0 atom stereocenters. The van der Waals surface area contributed by atoms with Crippen LogP contribution in [0, 0.1) is 12.7 Å². The van der Waals surface area contributed by atoms with E-state index < -0.39 is 15.8 Å². The Hall–Kier alpha value is -1.40. The van der Waals surface area contributed by atoms with Gasteiger partial charge in [0.1, 0.15) is 10.7 Å². The SMILES string of the molecule is Cc1ccc(S(=O)(=O)N(C)c2ccccc2F)c(Br)c1. The van der Waals surface area contributed by atoms with E-state index in [0.29, 0.717) is 4.47 Å². The van der Waals surface area contributed by atoms with Crippen molar-refractivity contribution in [3.63, 3.8) is 0 Å². The summed E-state index contributed by atoms with van der Waals surface area (Å²) in [6, 6.07) is 10.7. The number of sulfonamides is 1. The molecule has 0 heterocycles. The molecule has 0 bridgehead atoms. The summed E-state index contributed by atoms with van der Waals surface area (Å²) >= 11 is 3.24. The van der Waals surface area contributed by atoms with Crippen molar-refractivity contribution in [2.75, 3.05) is 11.4 Å². The maximum atomic E-state index is 13.7. The number of rotatable bonds is 3. The fourth-order valence-corrected chi connectivity index (χ4v) is 4.15.